The Morgan fingerprint density at radius 1 is 1.25 bits per heavy atom. The van der Waals surface area contributed by atoms with Gasteiger partial charge in [0.05, 0.1) is 0 Å². The van der Waals surface area contributed by atoms with Crippen LogP contribution in [-0.4, -0.2) is 10.5 Å². The zero-order valence-corrected chi connectivity index (χ0v) is 5.66. The van der Waals surface area contributed by atoms with Crippen LogP contribution in [0.4, 0.5) is 0 Å². The van der Waals surface area contributed by atoms with Crippen molar-refractivity contribution in [1.82, 2.24) is 0 Å². The van der Waals surface area contributed by atoms with E-state index in [1.54, 1.807) is 0 Å². The van der Waals surface area contributed by atoms with Gasteiger partial charge in [0, 0.05) is 10.5 Å². The Morgan fingerprint density at radius 3 is 1.88 bits per heavy atom. The van der Waals surface area contributed by atoms with E-state index in [0.29, 0.717) is 10.5 Å². The van der Waals surface area contributed by atoms with E-state index in [-0.39, 0.29) is 0 Å². The Labute approximate surface area is 54.7 Å². The van der Waals surface area contributed by atoms with Gasteiger partial charge in [0.1, 0.15) is 0 Å². The summed E-state index contributed by atoms with van der Waals surface area (Å²) in [5, 5.41) is 1.41. The molecule has 0 aromatic carbocycles. The van der Waals surface area contributed by atoms with E-state index < -0.39 is 0 Å². The van der Waals surface area contributed by atoms with Gasteiger partial charge in [-0.3, -0.25) is 0 Å². The topological polar surface area (TPSA) is 0 Å². The monoisotopic (exact) mass is 126 g/mol. The summed E-state index contributed by atoms with van der Waals surface area (Å²) in [6, 6.07) is 0. The first kappa shape index (κ1) is 5.96. The van der Waals surface area contributed by atoms with Crippen molar-refractivity contribution in [1.29, 1.82) is 0 Å². The fraction of sp³-hybridized carbons (Fsp3) is 0.429. The molecule has 44 valence electrons. The van der Waals surface area contributed by atoms with Crippen LogP contribution in [0.3, 0.4) is 0 Å². The van der Waals surface area contributed by atoms with Crippen LogP contribution in [0.5, 0.6) is 0 Å². The molecule has 1 heteroatoms. The van der Waals surface area contributed by atoms with Crippen LogP contribution in [-0.2, 0) is 0 Å². The zero-order valence-electron chi connectivity index (χ0n) is 4.84. The minimum Gasteiger partial charge on any atom is -0.147 e. The van der Waals surface area contributed by atoms with E-state index >= 15 is 0 Å². The SMILES string of the molecule is C=CC1CC(C=C)S1. The predicted octanol–water partition coefficient (Wildman–Crippen LogP) is 2.23. The first-order chi connectivity index (χ1) is 3.86. The van der Waals surface area contributed by atoms with Gasteiger partial charge in [-0.25, -0.2) is 0 Å². The van der Waals surface area contributed by atoms with E-state index in [0.717, 1.165) is 0 Å². The lowest BCUT2D eigenvalue weighted by Gasteiger charge is -2.29. The first-order valence-corrected chi connectivity index (χ1v) is 3.71. The third-order valence-electron chi connectivity index (χ3n) is 1.34. The minimum absolute atomic E-state index is 0.706. The van der Waals surface area contributed by atoms with Gasteiger partial charge in [0.25, 0.3) is 0 Å². The Hall–Kier alpha value is -0.170. The van der Waals surface area contributed by atoms with E-state index in [1.807, 2.05) is 23.9 Å². The molecular formula is C7H10S. The molecule has 0 spiro atoms. The van der Waals surface area contributed by atoms with Crippen LogP contribution in [0.1, 0.15) is 6.42 Å². The maximum Gasteiger partial charge on any atom is 0.0243 e. The van der Waals surface area contributed by atoms with Crippen LogP contribution in [0, 0.1) is 0 Å². The molecule has 0 nitrogen and oxygen atoms in total. The maximum atomic E-state index is 3.70. The van der Waals surface area contributed by atoms with Crippen molar-refractivity contribution < 1.29 is 0 Å². The molecule has 0 bridgehead atoms. The molecular weight excluding hydrogens is 116 g/mol. The summed E-state index contributed by atoms with van der Waals surface area (Å²) in [4.78, 5) is 0. The summed E-state index contributed by atoms with van der Waals surface area (Å²) in [6.45, 7) is 7.39. The summed E-state index contributed by atoms with van der Waals surface area (Å²) >= 11 is 1.94. The summed E-state index contributed by atoms with van der Waals surface area (Å²) in [5.41, 5.74) is 0. The van der Waals surface area contributed by atoms with E-state index in [1.165, 1.54) is 6.42 Å². The number of hydrogen-bond donors (Lipinski definition) is 0. The van der Waals surface area contributed by atoms with Crippen molar-refractivity contribution in [2.45, 2.75) is 16.9 Å². The normalized spacial score (nSPS) is 35.5. The minimum atomic E-state index is 0.706. The lowest BCUT2D eigenvalue weighted by Crippen LogP contribution is -2.21. The molecule has 0 aliphatic carbocycles. The van der Waals surface area contributed by atoms with Crippen molar-refractivity contribution in [2.24, 2.45) is 0 Å². The van der Waals surface area contributed by atoms with Crippen molar-refractivity contribution in [3.8, 4) is 0 Å². The fourth-order valence-electron chi connectivity index (χ4n) is 0.746. The van der Waals surface area contributed by atoms with Gasteiger partial charge in [-0.1, -0.05) is 12.2 Å². The van der Waals surface area contributed by atoms with Gasteiger partial charge in [0.15, 0.2) is 0 Å². The quantitative estimate of drug-likeness (QED) is 0.511. The second-order valence-electron chi connectivity index (χ2n) is 1.92. The van der Waals surface area contributed by atoms with E-state index in [9.17, 15) is 0 Å². The average molecular weight is 126 g/mol. The standard InChI is InChI=1S/C7H10S/c1-3-6-5-7(4-2)8-6/h3-4,6-7H,1-2,5H2. The molecule has 0 radical (unpaired) electrons. The van der Waals surface area contributed by atoms with Crippen LogP contribution < -0.4 is 0 Å². The lowest BCUT2D eigenvalue weighted by molar-refractivity contribution is 0.836. The summed E-state index contributed by atoms with van der Waals surface area (Å²) in [5.74, 6) is 0. The second kappa shape index (κ2) is 2.40. The average Bonchev–Trinajstić information content (AvgIpc) is 1.65. The van der Waals surface area contributed by atoms with E-state index in [4.69, 9.17) is 0 Å². The maximum absolute atomic E-state index is 3.70. The third-order valence-corrected chi connectivity index (χ3v) is 2.81. The van der Waals surface area contributed by atoms with E-state index in [2.05, 4.69) is 13.2 Å². The lowest BCUT2D eigenvalue weighted by atomic mass is 10.2. The summed E-state index contributed by atoms with van der Waals surface area (Å²) < 4.78 is 0. The molecule has 0 saturated carbocycles. The highest BCUT2D eigenvalue weighted by Crippen LogP contribution is 2.37. The molecule has 1 saturated heterocycles. The number of rotatable bonds is 2. The first-order valence-electron chi connectivity index (χ1n) is 2.77. The smallest absolute Gasteiger partial charge is 0.0243 e. The molecule has 0 aromatic heterocycles. The van der Waals surface area contributed by atoms with Crippen molar-refractivity contribution in [2.75, 3.05) is 0 Å². The largest absolute Gasteiger partial charge is 0.147 e. The van der Waals surface area contributed by atoms with Gasteiger partial charge in [0.2, 0.25) is 0 Å². The molecule has 1 fully saturated rings. The molecule has 2 unspecified atom stereocenters. The Bertz CT molecular complexity index is 89.0. The molecule has 2 atom stereocenters. The van der Waals surface area contributed by atoms with Crippen molar-refractivity contribution in [3.63, 3.8) is 0 Å². The molecule has 0 N–H and O–H groups in total. The Kier molecular flexibility index (Phi) is 1.79. The van der Waals surface area contributed by atoms with Gasteiger partial charge < -0.3 is 0 Å². The van der Waals surface area contributed by atoms with Crippen LogP contribution in [0.15, 0.2) is 25.3 Å². The molecule has 8 heavy (non-hydrogen) atoms. The van der Waals surface area contributed by atoms with Crippen LogP contribution >= 0.6 is 11.8 Å². The van der Waals surface area contributed by atoms with Gasteiger partial charge in [-0.05, 0) is 6.42 Å². The van der Waals surface area contributed by atoms with Crippen LogP contribution in [0.2, 0.25) is 0 Å². The fourth-order valence-corrected chi connectivity index (χ4v) is 1.70. The molecule has 1 rings (SSSR count). The zero-order chi connectivity index (χ0) is 5.98. The Balaban J connectivity index is 2.20. The van der Waals surface area contributed by atoms with Crippen molar-refractivity contribution >= 4 is 11.8 Å². The number of thioether (sulfide) groups is 1. The highest BCUT2D eigenvalue weighted by Gasteiger charge is 2.23. The highest BCUT2D eigenvalue weighted by atomic mass is 32.2. The van der Waals surface area contributed by atoms with Crippen LogP contribution in [0.25, 0.3) is 0 Å². The molecule has 1 heterocycles. The van der Waals surface area contributed by atoms with Crippen molar-refractivity contribution in [3.05, 3.63) is 25.3 Å². The van der Waals surface area contributed by atoms with Gasteiger partial charge in [-0.15, -0.1) is 24.9 Å². The number of hydrogen-bond acceptors (Lipinski definition) is 1. The summed E-state index contributed by atoms with van der Waals surface area (Å²) in [6.07, 6.45) is 5.26. The van der Waals surface area contributed by atoms with Gasteiger partial charge in [-0.2, -0.15) is 0 Å². The molecule has 0 amide bonds. The third kappa shape index (κ3) is 0.972. The molecule has 0 aromatic rings. The van der Waals surface area contributed by atoms with Gasteiger partial charge >= 0.3 is 0 Å². The molecule has 1 aliphatic heterocycles. The predicted molar refractivity (Wildman–Crippen MR) is 40.2 cm³/mol. The second-order valence-corrected chi connectivity index (χ2v) is 3.40. The Morgan fingerprint density at radius 2 is 1.62 bits per heavy atom. The molecule has 1 aliphatic rings. The summed E-state index contributed by atoms with van der Waals surface area (Å²) in [7, 11) is 0. The highest BCUT2D eigenvalue weighted by molar-refractivity contribution is 8.02.